The van der Waals surface area contributed by atoms with Gasteiger partial charge in [-0.15, -0.1) is 0 Å². The molecule has 36 heavy (non-hydrogen) atoms. The second kappa shape index (κ2) is 10.2. The lowest BCUT2D eigenvalue weighted by atomic mass is 10.2. The Balaban J connectivity index is 1.63. The van der Waals surface area contributed by atoms with Crippen molar-refractivity contribution < 1.29 is 24.0 Å². The fourth-order valence-electron chi connectivity index (χ4n) is 4.56. The zero-order chi connectivity index (χ0) is 26.1. The van der Waals surface area contributed by atoms with Gasteiger partial charge in [0.25, 0.3) is 16.8 Å². The minimum atomic E-state index is -0.648. The molecule has 0 spiro atoms. The van der Waals surface area contributed by atoms with Crippen molar-refractivity contribution in [1.29, 1.82) is 0 Å². The van der Waals surface area contributed by atoms with Crippen molar-refractivity contribution in [3.8, 4) is 5.69 Å². The lowest BCUT2D eigenvalue weighted by Gasteiger charge is -2.19. The van der Waals surface area contributed by atoms with E-state index in [1.165, 1.54) is 0 Å². The molecule has 0 atom stereocenters. The number of esters is 1. The van der Waals surface area contributed by atoms with Gasteiger partial charge in [0.15, 0.2) is 0 Å². The molecule has 4 rings (SSSR count). The standard InChI is InChI=1S/C25H28N4O6S/c1-15(2)35-23(30)14-27-24(31)22(36-25(27)32)12-18-11-16(3)28(17(18)4)19-7-8-20(21(13-19)29(33)34)26-9-5-6-10-26/h7-8,11-13,15H,5-6,9-10,14H2,1-4H3/b22-12-. The number of benzene rings is 1. The zero-order valence-electron chi connectivity index (χ0n) is 20.6. The van der Waals surface area contributed by atoms with Gasteiger partial charge in [-0.3, -0.25) is 29.4 Å². The summed E-state index contributed by atoms with van der Waals surface area (Å²) in [4.78, 5) is 51.8. The Morgan fingerprint density at radius 3 is 2.53 bits per heavy atom. The minimum Gasteiger partial charge on any atom is -0.462 e. The molecule has 2 fully saturated rings. The number of aromatic nitrogens is 1. The highest BCUT2D eigenvalue weighted by molar-refractivity contribution is 8.18. The third kappa shape index (κ3) is 5.01. The zero-order valence-corrected chi connectivity index (χ0v) is 21.5. The molecule has 190 valence electrons. The van der Waals surface area contributed by atoms with Crippen LogP contribution in [0, 0.1) is 24.0 Å². The lowest BCUT2D eigenvalue weighted by molar-refractivity contribution is -0.384. The number of amides is 2. The predicted molar refractivity (Wildman–Crippen MR) is 137 cm³/mol. The summed E-state index contributed by atoms with van der Waals surface area (Å²) in [7, 11) is 0. The molecule has 2 saturated heterocycles. The molecule has 1 aromatic carbocycles. The van der Waals surface area contributed by atoms with Crippen molar-refractivity contribution in [2.75, 3.05) is 24.5 Å². The summed E-state index contributed by atoms with van der Waals surface area (Å²) in [6.45, 7) is 8.27. The van der Waals surface area contributed by atoms with Gasteiger partial charge in [0.05, 0.1) is 21.6 Å². The van der Waals surface area contributed by atoms with E-state index in [0.29, 0.717) is 16.9 Å². The molecular formula is C25H28N4O6S. The lowest BCUT2D eigenvalue weighted by Crippen LogP contribution is -2.35. The maximum atomic E-state index is 12.8. The first kappa shape index (κ1) is 25.5. The van der Waals surface area contributed by atoms with E-state index in [2.05, 4.69) is 0 Å². The van der Waals surface area contributed by atoms with Gasteiger partial charge in [-0.2, -0.15) is 0 Å². The highest BCUT2D eigenvalue weighted by Crippen LogP contribution is 2.36. The summed E-state index contributed by atoms with van der Waals surface area (Å²) in [5, 5.41) is 11.3. The highest BCUT2D eigenvalue weighted by Gasteiger charge is 2.37. The molecule has 0 radical (unpaired) electrons. The molecule has 0 unspecified atom stereocenters. The number of anilines is 1. The van der Waals surface area contributed by atoms with E-state index in [-0.39, 0.29) is 21.6 Å². The summed E-state index contributed by atoms with van der Waals surface area (Å²) in [5.74, 6) is -1.20. The summed E-state index contributed by atoms with van der Waals surface area (Å²) >= 11 is 0.766. The number of hydrogen-bond acceptors (Lipinski definition) is 8. The molecule has 10 nitrogen and oxygen atoms in total. The fourth-order valence-corrected chi connectivity index (χ4v) is 5.39. The van der Waals surface area contributed by atoms with Crippen LogP contribution in [-0.2, 0) is 14.3 Å². The number of rotatable bonds is 7. The van der Waals surface area contributed by atoms with Gasteiger partial charge in [-0.05, 0) is 82.1 Å². The van der Waals surface area contributed by atoms with Crippen LogP contribution in [0.2, 0.25) is 0 Å². The van der Waals surface area contributed by atoms with Crippen LogP contribution in [0.3, 0.4) is 0 Å². The largest absolute Gasteiger partial charge is 0.462 e. The summed E-state index contributed by atoms with van der Waals surface area (Å²) < 4.78 is 6.93. The Hall–Kier alpha value is -3.60. The number of hydrogen-bond donors (Lipinski definition) is 0. The average Bonchev–Trinajstić information content (AvgIpc) is 3.49. The number of thioether (sulfide) groups is 1. The molecule has 1 aromatic heterocycles. The normalized spacial score (nSPS) is 17.1. The maximum Gasteiger partial charge on any atom is 0.326 e. The Bertz CT molecular complexity index is 1280. The number of imide groups is 1. The van der Waals surface area contributed by atoms with Crippen LogP contribution in [-0.4, -0.2) is 57.2 Å². The summed E-state index contributed by atoms with van der Waals surface area (Å²) in [5.41, 5.74) is 3.60. The van der Waals surface area contributed by atoms with Gasteiger partial charge in [-0.1, -0.05) is 0 Å². The van der Waals surface area contributed by atoms with E-state index in [9.17, 15) is 24.5 Å². The van der Waals surface area contributed by atoms with E-state index in [0.717, 1.165) is 54.0 Å². The molecule has 2 aliphatic rings. The third-order valence-corrected chi connectivity index (χ3v) is 7.05. The van der Waals surface area contributed by atoms with Gasteiger partial charge < -0.3 is 14.2 Å². The first-order chi connectivity index (χ1) is 17.1. The first-order valence-corrected chi connectivity index (χ1v) is 12.6. The number of nitro groups is 1. The molecule has 2 amide bonds. The monoisotopic (exact) mass is 512 g/mol. The van der Waals surface area contributed by atoms with Crippen molar-refractivity contribution in [1.82, 2.24) is 9.47 Å². The van der Waals surface area contributed by atoms with Crippen LogP contribution >= 0.6 is 11.8 Å². The number of nitro benzene ring substituents is 1. The Morgan fingerprint density at radius 2 is 1.89 bits per heavy atom. The van der Waals surface area contributed by atoms with E-state index < -0.39 is 23.7 Å². The van der Waals surface area contributed by atoms with Crippen molar-refractivity contribution >= 4 is 46.3 Å². The van der Waals surface area contributed by atoms with Crippen LogP contribution in [0.5, 0.6) is 0 Å². The molecule has 0 N–H and O–H groups in total. The molecule has 0 aliphatic carbocycles. The highest BCUT2D eigenvalue weighted by atomic mass is 32.2. The Kier molecular flexibility index (Phi) is 7.21. The van der Waals surface area contributed by atoms with E-state index >= 15 is 0 Å². The second-order valence-corrected chi connectivity index (χ2v) is 10.1. The number of ether oxygens (including phenoxy) is 1. The fraction of sp³-hybridized carbons (Fsp3) is 0.400. The molecular weight excluding hydrogens is 484 g/mol. The van der Waals surface area contributed by atoms with Crippen LogP contribution in [0.15, 0.2) is 29.2 Å². The summed E-state index contributed by atoms with van der Waals surface area (Å²) in [6.07, 6.45) is 3.30. The quantitative estimate of drug-likeness (QED) is 0.229. The van der Waals surface area contributed by atoms with Crippen LogP contribution in [0.4, 0.5) is 16.2 Å². The Labute approximate surface area is 213 Å². The Morgan fingerprint density at radius 1 is 1.19 bits per heavy atom. The van der Waals surface area contributed by atoms with Crippen LogP contribution in [0.1, 0.15) is 43.6 Å². The van der Waals surface area contributed by atoms with Crippen molar-refractivity contribution in [3.05, 3.63) is 56.2 Å². The van der Waals surface area contributed by atoms with Gasteiger partial charge in [0.1, 0.15) is 12.2 Å². The van der Waals surface area contributed by atoms with E-state index in [4.69, 9.17) is 4.74 Å². The van der Waals surface area contributed by atoms with Crippen molar-refractivity contribution in [2.24, 2.45) is 0 Å². The van der Waals surface area contributed by atoms with Gasteiger partial charge in [0, 0.05) is 30.5 Å². The second-order valence-electron chi connectivity index (χ2n) is 9.09. The first-order valence-electron chi connectivity index (χ1n) is 11.7. The number of nitrogens with zero attached hydrogens (tertiary/aromatic N) is 4. The molecule has 2 aromatic rings. The SMILES string of the molecule is Cc1cc(/C=C2\SC(=O)N(CC(=O)OC(C)C)C2=O)c(C)n1-c1ccc(N2CCCC2)c([N+](=O)[O-])c1. The summed E-state index contributed by atoms with van der Waals surface area (Å²) in [6, 6.07) is 7.08. The van der Waals surface area contributed by atoms with Crippen molar-refractivity contribution in [3.63, 3.8) is 0 Å². The maximum absolute atomic E-state index is 12.8. The number of carbonyl (C=O) groups excluding carboxylic acids is 3. The molecule has 2 aliphatic heterocycles. The van der Waals surface area contributed by atoms with Gasteiger partial charge in [-0.25, -0.2) is 0 Å². The van der Waals surface area contributed by atoms with Crippen LogP contribution < -0.4 is 4.90 Å². The molecule has 3 heterocycles. The minimum absolute atomic E-state index is 0.0536. The van der Waals surface area contributed by atoms with Gasteiger partial charge in [0.2, 0.25) is 0 Å². The van der Waals surface area contributed by atoms with E-state index in [1.54, 1.807) is 32.1 Å². The third-order valence-electron chi connectivity index (χ3n) is 6.15. The van der Waals surface area contributed by atoms with Crippen LogP contribution in [0.25, 0.3) is 11.8 Å². The smallest absolute Gasteiger partial charge is 0.326 e. The number of aryl methyl sites for hydroxylation is 1. The molecule has 0 bridgehead atoms. The number of carbonyl (C=O) groups is 3. The van der Waals surface area contributed by atoms with Crippen molar-refractivity contribution in [2.45, 2.75) is 46.6 Å². The average molecular weight is 513 g/mol. The van der Waals surface area contributed by atoms with Gasteiger partial charge >= 0.3 is 5.97 Å². The topological polar surface area (TPSA) is 115 Å². The molecule has 11 heteroatoms. The predicted octanol–water partition coefficient (Wildman–Crippen LogP) is 4.59. The molecule has 0 saturated carbocycles. The van der Waals surface area contributed by atoms with E-state index in [1.807, 2.05) is 35.4 Å².